The van der Waals surface area contributed by atoms with Crippen LogP contribution in [0.25, 0.3) is 0 Å². The second-order valence-corrected chi connectivity index (χ2v) is 6.61. The average Bonchev–Trinajstić information content (AvgIpc) is 3.18. The molecule has 0 spiro atoms. The normalized spacial score (nSPS) is 15.8. The number of aromatic nitrogens is 1. The van der Waals surface area contributed by atoms with E-state index in [9.17, 15) is 4.79 Å². The van der Waals surface area contributed by atoms with Gasteiger partial charge in [0.25, 0.3) is 5.91 Å². The van der Waals surface area contributed by atoms with Crippen LogP contribution >= 0.6 is 11.3 Å². The first-order chi connectivity index (χ1) is 10.6. The molecule has 0 bridgehead atoms. The maximum Gasteiger partial charge on any atom is 0.263 e. The summed E-state index contributed by atoms with van der Waals surface area (Å²) in [6.45, 7) is 6.15. The van der Waals surface area contributed by atoms with Gasteiger partial charge in [0.15, 0.2) is 0 Å². The number of thiazole rings is 1. The van der Waals surface area contributed by atoms with Crippen LogP contribution in [0, 0.1) is 6.92 Å². The Balaban J connectivity index is 1.72. The van der Waals surface area contributed by atoms with Crippen LogP contribution in [0.1, 0.15) is 46.7 Å². The van der Waals surface area contributed by atoms with Gasteiger partial charge in [-0.2, -0.15) is 0 Å². The fourth-order valence-corrected chi connectivity index (χ4v) is 3.54. The summed E-state index contributed by atoms with van der Waals surface area (Å²) in [7, 11) is 0. The Hall–Kier alpha value is -1.88. The van der Waals surface area contributed by atoms with E-state index in [2.05, 4.69) is 39.5 Å². The van der Waals surface area contributed by atoms with Crippen LogP contribution in [0.3, 0.4) is 0 Å². The highest BCUT2D eigenvalue weighted by molar-refractivity contribution is 7.11. The molecule has 5 heteroatoms. The van der Waals surface area contributed by atoms with Gasteiger partial charge in [-0.3, -0.25) is 4.79 Å². The van der Waals surface area contributed by atoms with Crippen molar-refractivity contribution in [3.63, 3.8) is 0 Å². The van der Waals surface area contributed by atoms with Gasteiger partial charge in [0.1, 0.15) is 4.88 Å². The first-order valence-electron chi connectivity index (χ1n) is 7.71. The molecule has 1 N–H and O–H groups in total. The van der Waals surface area contributed by atoms with Gasteiger partial charge in [0, 0.05) is 18.8 Å². The summed E-state index contributed by atoms with van der Waals surface area (Å²) in [5.41, 5.74) is 4.90. The van der Waals surface area contributed by atoms with Crippen molar-refractivity contribution in [3.05, 3.63) is 45.9 Å². The Morgan fingerprint density at radius 3 is 2.82 bits per heavy atom. The average molecular weight is 315 g/mol. The van der Waals surface area contributed by atoms with Crippen molar-refractivity contribution < 1.29 is 4.79 Å². The standard InChI is InChI=1S/C17H21N3OS/c1-12(19-17(21)16-13(2)18-11-22-16)14-6-5-7-15(10-14)20-8-3-4-9-20/h5-7,10-12H,3-4,8-9H2,1-2H3,(H,19,21). The Labute approximate surface area is 135 Å². The number of aryl methyl sites for hydroxylation is 1. The van der Waals surface area contributed by atoms with E-state index < -0.39 is 0 Å². The van der Waals surface area contributed by atoms with E-state index in [-0.39, 0.29) is 11.9 Å². The molecular formula is C17H21N3OS. The van der Waals surface area contributed by atoms with E-state index in [1.54, 1.807) is 5.51 Å². The Morgan fingerprint density at radius 1 is 1.36 bits per heavy atom. The minimum Gasteiger partial charge on any atom is -0.372 e. The fourth-order valence-electron chi connectivity index (χ4n) is 2.83. The van der Waals surface area contributed by atoms with Crippen LogP contribution in [0.15, 0.2) is 29.8 Å². The van der Waals surface area contributed by atoms with Crippen molar-refractivity contribution in [1.82, 2.24) is 10.3 Å². The van der Waals surface area contributed by atoms with Gasteiger partial charge in [-0.05, 0) is 44.4 Å². The molecule has 0 aliphatic carbocycles. The number of anilines is 1. The Morgan fingerprint density at radius 2 is 2.14 bits per heavy atom. The molecule has 4 nitrogen and oxygen atoms in total. The quantitative estimate of drug-likeness (QED) is 0.938. The summed E-state index contributed by atoms with van der Waals surface area (Å²) in [6.07, 6.45) is 2.53. The molecule has 1 atom stereocenters. The van der Waals surface area contributed by atoms with Gasteiger partial charge >= 0.3 is 0 Å². The number of amides is 1. The van der Waals surface area contributed by atoms with Crippen LogP contribution < -0.4 is 10.2 Å². The van der Waals surface area contributed by atoms with Crippen LogP contribution in [0.2, 0.25) is 0 Å². The number of carbonyl (C=O) groups is 1. The predicted octanol–water partition coefficient (Wildman–Crippen LogP) is 3.54. The topological polar surface area (TPSA) is 45.2 Å². The Bertz CT molecular complexity index is 661. The van der Waals surface area contributed by atoms with Crippen molar-refractivity contribution >= 4 is 22.9 Å². The lowest BCUT2D eigenvalue weighted by Gasteiger charge is -2.20. The highest BCUT2D eigenvalue weighted by atomic mass is 32.1. The number of nitrogens with zero attached hydrogens (tertiary/aromatic N) is 2. The number of hydrogen-bond acceptors (Lipinski definition) is 4. The SMILES string of the molecule is Cc1ncsc1C(=O)NC(C)c1cccc(N2CCCC2)c1. The van der Waals surface area contributed by atoms with E-state index in [1.807, 2.05) is 13.8 Å². The third kappa shape index (κ3) is 3.14. The molecule has 22 heavy (non-hydrogen) atoms. The molecule has 0 saturated carbocycles. The molecule has 2 heterocycles. The third-order valence-corrected chi connectivity index (χ3v) is 5.07. The van der Waals surface area contributed by atoms with E-state index in [0.717, 1.165) is 24.3 Å². The maximum atomic E-state index is 12.3. The fraction of sp³-hybridized carbons (Fsp3) is 0.412. The number of benzene rings is 1. The molecule has 1 aromatic carbocycles. The van der Waals surface area contributed by atoms with Crippen LogP contribution in [-0.4, -0.2) is 24.0 Å². The first kappa shape index (κ1) is 15.0. The highest BCUT2D eigenvalue weighted by Gasteiger charge is 2.17. The lowest BCUT2D eigenvalue weighted by Crippen LogP contribution is -2.26. The smallest absolute Gasteiger partial charge is 0.263 e. The van der Waals surface area contributed by atoms with Gasteiger partial charge in [-0.15, -0.1) is 11.3 Å². The van der Waals surface area contributed by atoms with Crippen molar-refractivity contribution in [2.45, 2.75) is 32.7 Å². The van der Waals surface area contributed by atoms with E-state index in [1.165, 1.54) is 29.9 Å². The summed E-state index contributed by atoms with van der Waals surface area (Å²) >= 11 is 1.39. The summed E-state index contributed by atoms with van der Waals surface area (Å²) in [5, 5.41) is 3.07. The van der Waals surface area contributed by atoms with E-state index in [4.69, 9.17) is 0 Å². The molecule has 1 unspecified atom stereocenters. The zero-order chi connectivity index (χ0) is 15.5. The van der Waals surface area contributed by atoms with Crippen molar-refractivity contribution in [3.8, 4) is 0 Å². The molecule has 1 aliphatic heterocycles. The number of rotatable bonds is 4. The summed E-state index contributed by atoms with van der Waals surface area (Å²) < 4.78 is 0. The summed E-state index contributed by atoms with van der Waals surface area (Å²) in [6, 6.07) is 8.47. The molecule has 2 aromatic rings. The molecule has 0 radical (unpaired) electrons. The zero-order valence-corrected chi connectivity index (χ0v) is 13.8. The molecule has 3 rings (SSSR count). The van der Waals surface area contributed by atoms with E-state index >= 15 is 0 Å². The molecule has 1 amide bonds. The second-order valence-electron chi connectivity index (χ2n) is 5.75. The van der Waals surface area contributed by atoms with Crippen molar-refractivity contribution in [2.24, 2.45) is 0 Å². The third-order valence-electron chi connectivity index (χ3n) is 4.14. The molecule has 116 valence electrons. The maximum absolute atomic E-state index is 12.3. The molecule has 1 fully saturated rings. The van der Waals surface area contributed by atoms with Crippen molar-refractivity contribution in [2.75, 3.05) is 18.0 Å². The second kappa shape index (κ2) is 6.48. The lowest BCUT2D eigenvalue weighted by atomic mass is 10.1. The molecule has 1 aromatic heterocycles. The number of nitrogens with one attached hydrogen (secondary N) is 1. The van der Waals surface area contributed by atoms with Gasteiger partial charge in [-0.1, -0.05) is 12.1 Å². The number of hydrogen-bond donors (Lipinski definition) is 1. The van der Waals surface area contributed by atoms with Gasteiger partial charge in [0.05, 0.1) is 17.2 Å². The Kier molecular flexibility index (Phi) is 4.43. The van der Waals surface area contributed by atoms with Gasteiger partial charge in [-0.25, -0.2) is 4.98 Å². The van der Waals surface area contributed by atoms with Crippen LogP contribution in [0.5, 0.6) is 0 Å². The minimum absolute atomic E-state index is 0.0171. The van der Waals surface area contributed by atoms with Crippen molar-refractivity contribution in [1.29, 1.82) is 0 Å². The van der Waals surface area contributed by atoms with Gasteiger partial charge in [0.2, 0.25) is 0 Å². The number of carbonyl (C=O) groups excluding carboxylic acids is 1. The monoisotopic (exact) mass is 315 g/mol. The van der Waals surface area contributed by atoms with E-state index in [0.29, 0.717) is 4.88 Å². The first-order valence-corrected chi connectivity index (χ1v) is 8.59. The molecule has 1 saturated heterocycles. The molecule has 1 aliphatic rings. The molecular weight excluding hydrogens is 294 g/mol. The summed E-state index contributed by atoms with van der Waals surface area (Å²) in [5.74, 6) is -0.0425. The minimum atomic E-state index is -0.0425. The van der Waals surface area contributed by atoms with Crippen LogP contribution in [0.4, 0.5) is 5.69 Å². The zero-order valence-electron chi connectivity index (χ0n) is 13.0. The highest BCUT2D eigenvalue weighted by Crippen LogP contribution is 2.24. The van der Waals surface area contributed by atoms with Crippen LogP contribution in [-0.2, 0) is 0 Å². The largest absolute Gasteiger partial charge is 0.372 e. The predicted molar refractivity (Wildman–Crippen MR) is 90.6 cm³/mol. The van der Waals surface area contributed by atoms with Gasteiger partial charge < -0.3 is 10.2 Å². The lowest BCUT2D eigenvalue weighted by molar-refractivity contribution is 0.0943. The summed E-state index contributed by atoms with van der Waals surface area (Å²) in [4.78, 5) is 19.5.